The number of carbonyl (C=O) groups is 1. The SMILES string of the molecule is CC(C)=CC(=O)NCC1CCN(Cc2cc3c(cc2C)OCO3)C1. The molecule has 1 amide bonds. The van der Waals surface area contributed by atoms with E-state index in [4.69, 9.17) is 9.47 Å². The van der Waals surface area contributed by atoms with Crippen molar-refractivity contribution in [2.45, 2.75) is 33.7 Å². The molecule has 5 heteroatoms. The van der Waals surface area contributed by atoms with Crippen LogP contribution in [-0.2, 0) is 11.3 Å². The number of rotatable bonds is 5. The van der Waals surface area contributed by atoms with E-state index in [1.807, 2.05) is 13.8 Å². The quantitative estimate of drug-likeness (QED) is 0.843. The number of ether oxygens (including phenoxy) is 2. The summed E-state index contributed by atoms with van der Waals surface area (Å²) in [5, 5.41) is 3.01. The fourth-order valence-electron chi connectivity index (χ4n) is 3.28. The molecule has 0 bridgehead atoms. The standard InChI is InChI=1S/C19H26N2O3/c1-13(2)6-19(22)20-9-15-4-5-21(10-15)11-16-8-18-17(7-14(16)3)23-12-24-18/h6-8,15H,4-5,9-12H2,1-3H3,(H,20,22). The molecule has 0 aromatic heterocycles. The third-order valence-electron chi connectivity index (χ3n) is 4.58. The average Bonchev–Trinajstić information content (AvgIpc) is 3.14. The van der Waals surface area contributed by atoms with Crippen LogP contribution in [0.3, 0.4) is 0 Å². The minimum atomic E-state index is 0.0139. The van der Waals surface area contributed by atoms with Crippen molar-refractivity contribution in [3.63, 3.8) is 0 Å². The van der Waals surface area contributed by atoms with Gasteiger partial charge in [-0.15, -0.1) is 0 Å². The lowest BCUT2D eigenvalue weighted by Crippen LogP contribution is -2.30. The number of nitrogens with zero attached hydrogens (tertiary/aromatic N) is 1. The third kappa shape index (κ3) is 4.09. The number of carbonyl (C=O) groups excluding carboxylic acids is 1. The predicted octanol–water partition coefficient (Wildman–Crippen LogP) is 2.63. The molecule has 0 aliphatic carbocycles. The zero-order chi connectivity index (χ0) is 17.1. The monoisotopic (exact) mass is 330 g/mol. The van der Waals surface area contributed by atoms with Gasteiger partial charge >= 0.3 is 0 Å². The van der Waals surface area contributed by atoms with E-state index in [9.17, 15) is 4.79 Å². The molecule has 1 aromatic rings. The van der Waals surface area contributed by atoms with Gasteiger partial charge in [0.05, 0.1) is 0 Å². The summed E-state index contributed by atoms with van der Waals surface area (Å²) in [6, 6.07) is 4.16. The topological polar surface area (TPSA) is 50.8 Å². The average molecular weight is 330 g/mol. The van der Waals surface area contributed by atoms with E-state index >= 15 is 0 Å². The molecule has 1 fully saturated rings. The summed E-state index contributed by atoms with van der Waals surface area (Å²) in [5.74, 6) is 2.23. The molecule has 24 heavy (non-hydrogen) atoms. The molecule has 1 atom stereocenters. The number of likely N-dealkylation sites (tertiary alicyclic amines) is 1. The maximum Gasteiger partial charge on any atom is 0.243 e. The molecule has 0 radical (unpaired) electrons. The Hall–Kier alpha value is -2.01. The van der Waals surface area contributed by atoms with Gasteiger partial charge < -0.3 is 14.8 Å². The van der Waals surface area contributed by atoms with Crippen molar-refractivity contribution < 1.29 is 14.3 Å². The number of hydrogen-bond acceptors (Lipinski definition) is 4. The summed E-state index contributed by atoms with van der Waals surface area (Å²) in [4.78, 5) is 14.2. The fourth-order valence-corrected chi connectivity index (χ4v) is 3.28. The summed E-state index contributed by atoms with van der Waals surface area (Å²) in [6.45, 7) is 10.1. The molecule has 5 nitrogen and oxygen atoms in total. The highest BCUT2D eigenvalue weighted by Gasteiger charge is 2.24. The van der Waals surface area contributed by atoms with Gasteiger partial charge in [0.25, 0.3) is 0 Å². The van der Waals surface area contributed by atoms with Gasteiger partial charge in [-0.1, -0.05) is 5.57 Å². The molecule has 1 saturated heterocycles. The lowest BCUT2D eigenvalue weighted by molar-refractivity contribution is -0.116. The molecule has 0 spiro atoms. The summed E-state index contributed by atoms with van der Waals surface area (Å²) in [7, 11) is 0. The Balaban J connectivity index is 1.52. The molecule has 130 valence electrons. The van der Waals surface area contributed by atoms with Crippen molar-refractivity contribution >= 4 is 5.91 Å². The van der Waals surface area contributed by atoms with Gasteiger partial charge in [-0.25, -0.2) is 0 Å². The van der Waals surface area contributed by atoms with Gasteiger partial charge in [-0.05, 0) is 62.9 Å². The van der Waals surface area contributed by atoms with Crippen LogP contribution in [-0.4, -0.2) is 37.2 Å². The van der Waals surface area contributed by atoms with Crippen LogP contribution >= 0.6 is 0 Å². The molecule has 0 saturated carbocycles. The molecule has 2 aliphatic heterocycles. The maximum absolute atomic E-state index is 11.7. The zero-order valence-electron chi connectivity index (χ0n) is 14.7. The highest BCUT2D eigenvalue weighted by molar-refractivity contribution is 5.87. The normalized spacial score (nSPS) is 19.4. The first-order valence-corrected chi connectivity index (χ1v) is 8.55. The predicted molar refractivity (Wildman–Crippen MR) is 93.1 cm³/mol. The van der Waals surface area contributed by atoms with Crippen molar-refractivity contribution in [1.29, 1.82) is 0 Å². The number of allylic oxidation sites excluding steroid dienone is 1. The van der Waals surface area contributed by atoms with Gasteiger partial charge in [-0.2, -0.15) is 0 Å². The van der Waals surface area contributed by atoms with Crippen LogP contribution in [0.15, 0.2) is 23.8 Å². The smallest absolute Gasteiger partial charge is 0.243 e. The third-order valence-corrected chi connectivity index (χ3v) is 4.58. The van der Waals surface area contributed by atoms with E-state index in [-0.39, 0.29) is 5.91 Å². The van der Waals surface area contributed by atoms with Crippen LogP contribution in [0.5, 0.6) is 11.5 Å². The Morgan fingerprint density at radius 2 is 2.08 bits per heavy atom. The summed E-state index contributed by atoms with van der Waals surface area (Å²) in [6.07, 6.45) is 2.78. The van der Waals surface area contributed by atoms with Gasteiger partial charge in [0.2, 0.25) is 12.7 Å². The lowest BCUT2D eigenvalue weighted by Gasteiger charge is -2.18. The lowest BCUT2D eigenvalue weighted by atomic mass is 10.1. The molecule has 2 heterocycles. The first-order chi connectivity index (χ1) is 11.5. The Kier molecular flexibility index (Phi) is 5.09. The number of nitrogens with one attached hydrogen (secondary N) is 1. The largest absolute Gasteiger partial charge is 0.454 e. The van der Waals surface area contributed by atoms with Crippen LogP contribution < -0.4 is 14.8 Å². The van der Waals surface area contributed by atoms with Crippen LogP contribution in [0.4, 0.5) is 0 Å². The van der Waals surface area contributed by atoms with Crippen molar-refractivity contribution in [2.24, 2.45) is 5.92 Å². The van der Waals surface area contributed by atoms with Crippen molar-refractivity contribution in [3.8, 4) is 11.5 Å². The summed E-state index contributed by atoms with van der Waals surface area (Å²) >= 11 is 0. The van der Waals surface area contributed by atoms with Crippen molar-refractivity contribution in [3.05, 3.63) is 34.9 Å². The zero-order valence-corrected chi connectivity index (χ0v) is 14.7. The number of benzene rings is 1. The fraction of sp³-hybridized carbons (Fsp3) is 0.526. The second-order valence-corrected chi connectivity index (χ2v) is 6.99. The Labute approximate surface area is 143 Å². The van der Waals surface area contributed by atoms with Gasteiger partial charge in [0.1, 0.15) is 0 Å². The number of aryl methyl sites for hydroxylation is 1. The van der Waals surface area contributed by atoms with E-state index < -0.39 is 0 Å². The van der Waals surface area contributed by atoms with E-state index in [1.165, 1.54) is 11.1 Å². The van der Waals surface area contributed by atoms with Crippen molar-refractivity contribution in [2.75, 3.05) is 26.4 Å². The Morgan fingerprint density at radius 1 is 1.33 bits per heavy atom. The van der Waals surface area contributed by atoms with Crippen molar-refractivity contribution in [1.82, 2.24) is 10.2 Å². The highest BCUT2D eigenvalue weighted by atomic mass is 16.7. The molecule has 3 rings (SSSR count). The molecule has 1 aromatic carbocycles. The molecule has 1 N–H and O–H groups in total. The number of hydrogen-bond donors (Lipinski definition) is 1. The minimum absolute atomic E-state index is 0.0139. The van der Waals surface area contributed by atoms with Crippen LogP contribution in [0, 0.1) is 12.8 Å². The van der Waals surface area contributed by atoms with E-state index in [2.05, 4.69) is 29.3 Å². The second-order valence-electron chi connectivity index (χ2n) is 6.99. The van der Waals surface area contributed by atoms with Gasteiger partial charge in [0.15, 0.2) is 11.5 Å². The number of fused-ring (bicyclic) bond motifs is 1. The highest BCUT2D eigenvalue weighted by Crippen LogP contribution is 2.35. The van der Waals surface area contributed by atoms with Gasteiger partial charge in [0, 0.05) is 25.7 Å². The van der Waals surface area contributed by atoms with E-state index in [0.29, 0.717) is 12.7 Å². The van der Waals surface area contributed by atoms with E-state index in [1.54, 1.807) is 6.08 Å². The van der Waals surface area contributed by atoms with E-state index in [0.717, 1.165) is 49.7 Å². The minimum Gasteiger partial charge on any atom is -0.454 e. The van der Waals surface area contributed by atoms with Crippen LogP contribution in [0.1, 0.15) is 31.4 Å². The maximum atomic E-state index is 11.7. The first-order valence-electron chi connectivity index (χ1n) is 8.55. The Morgan fingerprint density at radius 3 is 2.83 bits per heavy atom. The second kappa shape index (κ2) is 7.26. The van der Waals surface area contributed by atoms with Crippen LogP contribution in [0.25, 0.3) is 0 Å². The molecule has 2 aliphatic rings. The number of amides is 1. The van der Waals surface area contributed by atoms with Crippen LogP contribution in [0.2, 0.25) is 0 Å². The molecular formula is C19H26N2O3. The Bertz CT molecular complexity index is 650. The van der Waals surface area contributed by atoms with Gasteiger partial charge in [-0.3, -0.25) is 9.69 Å². The molecular weight excluding hydrogens is 304 g/mol. The summed E-state index contributed by atoms with van der Waals surface area (Å²) < 4.78 is 10.9. The first kappa shape index (κ1) is 16.8. The summed E-state index contributed by atoms with van der Waals surface area (Å²) in [5.41, 5.74) is 3.55. The molecule has 1 unspecified atom stereocenters.